The van der Waals surface area contributed by atoms with Gasteiger partial charge in [0.15, 0.2) is 0 Å². The lowest BCUT2D eigenvalue weighted by Gasteiger charge is -2.33. The molecule has 2 atom stereocenters. The number of hydrogen-bond donors (Lipinski definition) is 0. The van der Waals surface area contributed by atoms with Crippen molar-refractivity contribution in [2.45, 2.75) is 59.3 Å². The van der Waals surface area contributed by atoms with Crippen LogP contribution in [-0.2, 0) is 4.79 Å². The molecule has 0 aliphatic heterocycles. The molecule has 0 aromatic carbocycles. The number of carbonyl (C=O) groups is 1. The zero-order valence-corrected chi connectivity index (χ0v) is 10.9. The van der Waals surface area contributed by atoms with Gasteiger partial charge in [-0.25, -0.2) is 0 Å². The molecule has 2 rings (SSSR count). The largest absolute Gasteiger partial charge is 0.300 e. The maximum absolute atomic E-state index is 11.5. The van der Waals surface area contributed by atoms with Gasteiger partial charge in [-0.2, -0.15) is 0 Å². The molecule has 0 amide bonds. The molecule has 1 fully saturated rings. The summed E-state index contributed by atoms with van der Waals surface area (Å²) in [4.78, 5) is 11.5. The molecule has 1 saturated carbocycles. The van der Waals surface area contributed by atoms with Gasteiger partial charge in [-0.1, -0.05) is 25.5 Å². The van der Waals surface area contributed by atoms with Gasteiger partial charge in [-0.15, -0.1) is 0 Å². The number of Topliss-reactive ketones (excluding diaryl/α,β-unsaturated/α-hetero) is 1. The molecule has 0 aromatic rings. The molecule has 0 N–H and O–H groups in total. The standard InChI is InChI=1S/C15H24O/c1-11-7-8-13(15(11,2)3)9-12-5-4-6-14(16)10-12/h7,12-13H,4-6,8-10H2,1-3H3. The Bertz CT molecular complexity index is 311. The molecule has 0 radical (unpaired) electrons. The summed E-state index contributed by atoms with van der Waals surface area (Å²) in [5.41, 5.74) is 1.90. The zero-order valence-electron chi connectivity index (χ0n) is 10.9. The molecule has 1 nitrogen and oxygen atoms in total. The highest BCUT2D eigenvalue weighted by Crippen LogP contribution is 2.47. The van der Waals surface area contributed by atoms with Gasteiger partial charge in [0.1, 0.15) is 5.78 Å². The van der Waals surface area contributed by atoms with E-state index in [-0.39, 0.29) is 0 Å². The topological polar surface area (TPSA) is 17.1 Å². The summed E-state index contributed by atoms with van der Waals surface area (Å²) in [6.45, 7) is 6.98. The lowest BCUT2D eigenvalue weighted by atomic mass is 9.71. The molecular formula is C15H24O. The van der Waals surface area contributed by atoms with Crippen LogP contribution in [0.15, 0.2) is 11.6 Å². The van der Waals surface area contributed by atoms with Crippen molar-refractivity contribution < 1.29 is 4.79 Å². The SMILES string of the molecule is CC1=CCC(CC2CCCC(=O)C2)C1(C)C. The molecular weight excluding hydrogens is 196 g/mol. The summed E-state index contributed by atoms with van der Waals surface area (Å²) in [6.07, 6.45) is 8.97. The fraction of sp³-hybridized carbons (Fsp3) is 0.800. The van der Waals surface area contributed by atoms with Crippen LogP contribution in [0.5, 0.6) is 0 Å². The quantitative estimate of drug-likeness (QED) is 0.639. The summed E-state index contributed by atoms with van der Waals surface area (Å²) >= 11 is 0. The van der Waals surface area contributed by atoms with Gasteiger partial charge in [0, 0.05) is 12.8 Å². The highest BCUT2D eigenvalue weighted by molar-refractivity contribution is 5.79. The Morgan fingerprint density at radius 2 is 2.19 bits per heavy atom. The normalized spacial score (nSPS) is 33.9. The van der Waals surface area contributed by atoms with Crippen LogP contribution in [-0.4, -0.2) is 5.78 Å². The number of allylic oxidation sites excluding steroid dienone is 2. The van der Waals surface area contributed by atoms with Crippen molar-refractivity contribution in [3.05, 3.63) is 11.6 Å². The molecule has 0 bridgehead atoms. The average Bonchev–Trinajstić information content (AvgIpc) is 2.45. The maximum Gasteiger partial charge on any atom is 0.133 e. The van der Waals surface area contributed by atoms with Crippen LogP contribution in [0.1, 0.15) is 59.3 Å². The van der Waals surface area contributed by atoms with Gasteiger partial charge in [0.05, 0.1) is 0 Å². The molecule has 2 aliphatic carbocycles. The fourth-order valence-corrected chi connectivity index (χ4v) is 3.31. The van der Waals surface area contributed by atoms with Crippen molar-refractivity contribution in [1.82, 2.24) is 0 Å². The molecule has 0 aromatic heterocycles. The van der Waals surface area contributed by atoms with E-state index in [2.05, 4.69) is 26.8 Å². The Balaban J connectivity index is 1.93. The minimum absolute atomic E-state index is 0.362. The third-order valence-electron chi connectivity index (χ3n) is 4.95. The second-order valence-corrected chi connectivity index (χ2v) is 6.28. The highest BCUT2D eigenvalue weighted by Gasteiger charge is 2.36. The second-order valence-electron chi connectivity index (χ2n) is 6.28. The van der Waals surface area contributed by atoms with Crippen molar-refractivity contribution >= 4 is 5.78 Å². The minimum Gasteiger partial charge on any atom is -0.300 e. The van der Waals surface area contributed by atoms with E-state index in [4.69, 9.17) is 0 Å². The van der Waals surface area contributed by atoms with Gasteiger partial charge in [0.25, 0.3) is 0 Å². The smallest absolute Gasteiger partial charge is 0.133 e. The summed E-state index contributed by atoms with van der Waals surface area (Å²) in [5, 5.41) is 0. The molecule has 2 unspecified atom stereocenters. The van der Waals surface area contributed by atoms with Gasteiger partial charge < -0.3 is 0 Å². The van der Waals surface area contributed by atoms with Crippen LogP contribution in [0.25, 0.3) is 0 Å². The maximum atomic E-state index is 11.5. The number of rotatable bonds is 2. The van der Waals surface area contributed by atoms with Crippen molar-refractivity contribution in [2.75, 3.05) is 0 Å². The predicted molar refractivity (Wildman–Crippen MR) is 67.2 cm³/mol. The lowest BCUT2D eigenvalue weighted by Crippen LogP contribution is -2.25. The average molecular weight is 220 g/mol. The van der Waals surface area contributed by atoms with E-state index >= 15 is 0 Å². The first kappa shape index (κ1) is 11.9. The minimum atomic E-state index is 0.362. The molecule has 0 saturated heterocycles. The van der Waals surface area contributed by atoms with Crippen LogP contribution < -0.4 is 0 Å². The second kappa shape index (κ2) is 4.35. The van der Waals surface area contributed by atoms with Crippen LogP contribution in [0.4, 0.5) is 0 Å². The van der Waals surface area contributed by atoms with Crippen molar-refractivity contribution in [3.8, 4) is 0 Å². The third-order valence-corrected chi connectivity index (χ3v) is 4.95. The van der Waals surface area contributed by atoms with Crippen LogP contribution in [0.2, 0.25) is 0 Å². The van der Waals surface area contributed by atoms with E-state index in [1.807, 2.05) is 0 Å². The molecule has 0 heterocycles. The Kier molecular flexibility index (Phi) is 3.23. The Morgan fingerprint density at radius 3 is 2.75 bits per heavy atom. The van der Waals surface area contributed by atoms with Crippen LogP contribution in [0.3, 0.4) is 0 Å². The zero-order chi connectivity index (χ0) is 11.8. The third kappa shape index (κ3) is 2.23. The summed E-state index contributed by atoms with van der Waals surface area (Å²) in [6, 6.07) is 0. The fourth-order valence-electron chi connectivity index (χ4n) is 3.31. The monoisotopic (exact) mass is 220 g/mol. The van der Waals surface area contributed by atoms with E-state index in [9.17, 15) is 4.79 Å². The van der Waals surface area contributed by atoms with Gasteiger partial charge in [-0.05, 0) is 49.9 Å². The molecule has 1 heteroatoms. The number of carbonyl (C=O) groups excluding carboxylic acids is 1. The van der Waals surface area contributed by atoms with E-state index in [1.54, 1.807) is 5.57 Å². The summed E-state index contributed by atoms with van der Waals surface area (Å²) in [5.74, 6) is 1.94. The molecule has 16 heavy (non-hydrogen) atoms. The van der Waals surface area contributed by atoms with Crippen molar-refractivity contribution in [3.63, 3.8) is 0 Å². The first-order valence-corrected chi connectivity index (χ1v) is 6.69. The van der Waals surface area contributed by atoms with Crippen LogP contribution >= 0.6 is 0 Å². The molecule has 90 valence electrons. The van der Waals surface area contributed by atoms with E-state index in [0.29, 0.717) is 17.1 Å². The molecule has 2 aliphatic rings. The van der Waals surface area contributed by atoms with E-state index in [1.165, 1.54) is 19.3 Å². The first-order chi connectivity index (χ1) is 7.50. The summed E-state index contributed by atoms with van der Waals surface area (Å²) in [7, 11) is 0. The summed E-state index contributed by atoms with van der Waals surface area (Å²) < 4.78 is 0. The number of hydrogen-bond acceptors (Lipinski definition) is 1. The predicted octanol–water partition coefficient (Wildman–Crippen LogP) is 4.13. The van der Waals surface area contributed by atoms with E-state index in [0.717, 1.165) is 25.2 Å². The van der Waals surface area contributed by atoms with Crippen molar-refractivity contribution in [1.29, 1.82) is 0 Å². The Morgan fingerprint density at radius 1 is 1.44 bits per heavy atom. The highest BCUT2D eigenvalue weighted by atomic mass is 16.1. The lowest BCUT2D eigenvalue weighted by molar-refractivity contribution is -0.121. The Labute approximate surface area is 99.3 Å². The van der Waals surface area contributed by atoms with Gasteiger partial charge >= 0.3 is 0 Å². The first-order valence-electron chi connectivity index (χ1n) is 6.69. The van der Waals surface area contributed by atoms with Crippen LogP contribution in [0, 0.1) is 17.3 Å². The van der Waals surface area contributed by atoms with Gasteiger partial charge in [0.2, 0.25) is 0 Å². The van der Waals surface area contributed by atoms with Gasteiger partial charge in [-0.3, -0.25) is 4.79 Å². The molecule has 0 spiro atoms. The van der Waals surface area contributed by atoms with E-state index < -0.39 is 0 Å². The Hall–Kier alpha value is -0.590. The number of ketones is 1. The van der Waals surface area contributed by atoms with Crippen molar-refractivity contribution in [2.24, 2.45) is 17.3 Å².